The molecular formula is C19H25F3N8O3. The molecule has 0 saturated heterocycles. The lowest BCUT2D eigenvalue weighted by molar-refractivity contribution is -0.137. The number of ether oxygens (including phenoxy) is 1. The number of hydrogen-bond acceptors (Lipinski definition) is 8. The van der Waals surface area contributed by atoms with Gasteiger partial charge in [-0.1, -0.05) is 6.07 Å². The predicted molar refractivity (Wildman–Crippen MR) is 116 cm³/mol. The lowest BCUT2D eigenvalue weighted by atomic mass is 10.1. The Kier molecular flexibility index (Phi) is 8.48. The first-order valence-electron chi connectivity index (χ1n) is 9.85. The number of nitrogens with zero attached hydrogens (tertiary/aromatic N) is 2. The number of halogens is 3. The van der Waals surface area contributed by atoms with Crippen LogP contribution in [0.25, 0.3) is 0 Å². The zero-order valence-corrected chi connectivity index (χ0v) is 17.7. The Morgan fingerprint density at radius 3 is 2.58 bits per heavy atom. The van der Waals surface area contributed by atoms with E-state index in [4.69, 9.17) is 21.9 Å². The molecule has 33 heavy (non-hydrogen) atoms. The maximum absolute atomic E-state index is 13.0. The zero-order chi connectivity index (χ0) is 24.6. The maximum atomic E-state index is 13.0. The van der Waals surface area contributed by atoms with Gasteiger partial charge in [-0.25, -0.2) is 4.79 Å². The smallest absolute Gasteiger partial charge is 0.416 e. The van der Waals surface area contributed by atoms with Crippen LogP contribution < -0.4 is 37.9 Å². The molecule has 0 bridgehead atoms. The van der Waals surface area contributed by atoms with Crippen LogP contribution in [0.3, 0.4) is 0 Å². The van der Waals surface area contributed by atoms with Gasteiger partial charge in [0.25, 0.3) is 0 Å². The number of carbonyl (C=O) groups is 2. The van der Waals surface area contributed by atoms with E-state index >= 15 is 0 Å². The lowest BCUT2D eigenvalue weighted by Gasteiger charge is -2.21. The molecule has 0 aliphatic rings. The maximum Gasteiger partial charge on any atom is 0.416 e. The van der Waals surface area contributed by atoms with Gasteiger partial charge in [0.1, 0.15) is 11.7 Å². The minimum Gasteiger partial charge on any atom is -0.476 e. The first-order valence-corrected chi connectivity index (χ1v) is 9.85. The van der Waals surface area contributed by atoms with E-state index in [-0.39, 0.29) is 48.6 Å². The summed E-state index contributed by atoms with van der Waals surface area (Å²) in [6.45, 7) is 2.12. The molecule has 0 spiro atoms. The summed E-state index contributed by atoms with van der Waals surface area (Å²) >= 11 is 0. The molecule has 0 saturated carbocycles. The number of alkyl halides is 3. The third-order valence-corrected chi connectivity index (χ3v) is 4.26. The van der Waals surface area contributed by atoms with E-state index in [1.54, 1.807) is 6.92 Å². The molecule has 14 heteroatoms. The number of nitrogens with one attached hydrogen (secondary N) is 3. The van der Waals surface area contributed by atoms with Crippen LogP contribution in [0.1, 0.15) is 25.3 Å². The van der Waals surface area contributed by atoms with Crippen LogP contribution >= 0.6 is 0 Å². The Morgan fingerprint density at radius 2 is 1.94 bits per heavy atom. The third-order valence-electron chi connectivity index (χ3n) is 4.26. The fraction of sp³-hybridized carbons (Fsp3) is 0.368. The van der Waals surface area contributed by atoms with Crippen molar-refractivity contribution in [3.05, 3.63) is 29.8 Å². The van der Waals surface area contributed by atoms with Gasteiger partial charge >= 0.3 is 12.2 Å². The van der Waals surface area contributed by atoms with Crippen LogP contribution in [-0.4, -0.2) is 41.1 Å². The van der Waals surface area contributed by atoms with Gasteiger partial charge in [0.2, 0.25) is 17.7 Å². The van der Waals surface area contributed by atoms with Gasteiger partial charge in [0, 0.05) is 12.2 Å². The first-order chi connectivity index (χ1) is 15.5. The third kappa shape index (κ3) is 7.59. The van der Waals surface area contributed by atoms with Gasteiger partial charge in [-0.15, -0.1) is 0 Å². The van der Waals surface area contributed by atoms with Crippen LogP contribution in [0, 0.1) is 0 Å². The minimum absolute atomic E-state index is 0.00169. The highest BCUT2D eigenvalue weighted by Crippen LogP contribution is 2.31. The highest BCUT2D eigenvalue weighted by atomic mass is 19.4. The normalized spacial score (nSPS) is 12.0. The molecule has 0 unspecified atom stereocenters. The van der Waals surface area contributed by atoms with Crippen molar-refractivity contribution < 1.29 is 27.5 Å². The number of rotatable bonds is 10. The van der Waals surface area contributed by atoms with Crippen LogP contribution in [-0.2, 0) is 11.0 Å². The number of carbonyl (C=O) groups excluding carboxylic acids is 2. The zero-order valence-electron chi connectivity index (χ0n) is 17.7. The van der Waals surface area contributed by atoms with E-state index in [1.807, 2.05) is 0 Å². The highest BCUT2D eigenvalue weighted by molar-refractivity contribution is 5.97. The molecule has 11 nitrogen and oxygen atoms in total. The number of aromatic nitrogens is 2. The van der Waals surface area contributed by atoms with E-state index in [2.05, 4.69) is 25.9 Å². The number of benzene rings is 1. The minimum atomic E-state index is -4.57. The van der Waals surface area contributed by atoms with E-state index in [0.717, 1.165) is 12.1 Å². The second-order valence-electron chi connectivity index (χ2n) is 6.78. The molecule has 180 valence electrons. The van der Waals surface area contributed by atoms with Crippen molar-refractivity contribution in [1.82, 2.24) is 15.3 Å². The molecular weight excluding hydrogens is 445 g/mol. The van der Waals surface area contributed by atoms with Crippen LogP contribution in [0.4, 0.5) is 41.1 Å². The Morgan fingerprint density at radius 1 is 1.21 bits per heavy atom. The molecule has 3 amide bonds. The number of amides is 3. The Labute approximate surface area is 187 Å². The van der Waals surface area contributed by atoms with Crippen molar-refractivity contribution in [2.45, 2.75) is 32.0 Å². The van der Waals surface area contributed by atoms with E-state index < -0.39 is 29.7 Å². The molecule has 1 aromatic heterocycles. The largest absolute Gasteiger partial charge is 0.476 e. The summed E-state index contributed by atoms with van der Waals surface area (Å²) in [5, 5.41) is 7.65. The number of primary amides is 1. The molecule has 0 aliphatic heterocycles. The Hall–Kier alpha value is -3.97. The summed E-state index contributed by atoms with van der Waals surface area (Å²) in [4.78, 5) is 31.6. The average molecular weight is 470 g/mol. The summed E-state index contributed by atoms with van der Waals surface area (Å²) < 4.78 is 44.3. The second kappa shape index (κ2) is 11.1. The predicted octanol–water partition coefficient (Wildman–Crippen LogP) is 1.93. The summed E-state index contributed by atoms with van der Waals surface area (Å²) in [7, 11) is 0. The Bertz CT molecular complexity index is 987. The molecule has 2 rings (SSSR count). The van der Waals surface area contributed by atoms with Crippen molar-refractivity contribution in [2.75, 3.05) is 35.3 Å². The van der Waals surface area contributed by atoms with E-state index in [1.165, 1.54) is 12.1 Å². The molecule has 9 N–H and O–H groups in total. The van der Waals surface area contributed by atoms with E-state index in [0.29, 0.717) is 6.42 Å². The SMILES string of the molecule is CCOc1nc(N)nc(N[C@@H](CCCNC(N)=O)C(=O)Nc2cccc(C(F)(F)F)c2)c1N. The van der Waals surface area contributed by atoms with Crippen LogP contribution in [0.2, 0.25) is 0 Å². The van der Waals surface area contributed by atoms with Crippen molar-refractivity contribution in [2.24, 2.45) is 5.73 Å². The highest BCUT2D eigenvalue weighted by Gasteiger charge is 2.31. The molecule has 1 heterocycles. The van der Waals surface area contributed by atoms with Gasteiger partial charge in [0.05, 0.1) is 12.2 Å². The van der Waals surface area contributed by atoms with Crippen molar-refractivity contribution >= 4 is 35.1 Å². The van der Waals surface area contributed by atoms with Gasteiger partial charge in [-0.3, -0.25) is 4.79 Å². The molecule has 1 atom stereocenters. The molecule has 0 aliphatic carbocycles. The topological polar surface area (TPSA) is 183 Å². The summed E-state index contributed by atoms with van der Waals surface area (Å²) in [6, 6.07) is 2.45. The average Bonchev–Trinajstić information content (AvgIpc) is 2.73. The van der Waals surface area contributed by atoms with Crippen molar-refractivity contribution in [3.63, 3.8) is 0 Å². The van der Waals surface area contributed by atoms with Crippen molar-refractivity contribution in [1.29, 1.82) is 0 Å². The monoisotopic (exact) mass is 470 g/mol. The lowest BCUT2D eigenvalue weighted by Crippen LogP contribution is -2.37. The second-order valence-corrected chi connectivity index (χ2v) is 6.78. The number of nitrogen functional groups attached to an aromatic ring is 2. The summed E-state index contributed by atoms with van der Waals surface area (Å²) in [5.74, 6) is -0.802. The number of hydrogen-bond donors (Lipinski definition) is 6. The fourth-order valence-electron chi connectivity index (χ4n) is 2.78. The number of urea groups is 1. The van der Waals surface area contributed by atoms with E-state index in [9.17, 15) is 22.8 Å². The quantitative estimate of drug-likeness (QED) is 0.285. The van der Waals surface area contributed by atoms with Gasteiger partial charge in [-0.2, -0.15) is 23.1 Å². The van der Waals surface area contributed by atoms with Crippen molar-refractivity contribution in [3.8, 4) is 5.88 Å². The summed E-state index contributed by atoms with van der Waals surface area (Å²) in [6.07, 6.45) is -4.13. The molecule has 0 fully saturated rings. The number of nitrogens with two attached hydrogens (primary N) is 3. The molecule has 1 aromatic carbocycles. The number of anilines is 4. The van der Waals surface area contributed by atoms with Crippen LogP contribution in [0.5, 0.6) is 5.88 Å². The summed E-state index contributed by atoms with van der Waals surface area (Å²) in [5.41, 5.74) is 15.7. The van der Waals surface area contributed by atoms with Gasteiger partial charge in [0.15, 0.2) is 5.82 Å². The van der Waals surface area contributed by atoms with Gasteiger partial charge < -0.3 is 37.9 Å². The molecule has 0 radical (unpaired) electrons. The molecule has 2 aromatic rings. The standard InChI is InChI=1S/C19H25F3N8O3/c1-2-33-16-13(23)14(29-17(24)30-16)28-12(7-4-8-26-18(25)32)15(31)27-11-6-3-5-10(9-11)19(20,21)22/h3,5-6,9,12H,2,4,7-8,23H2,1H3,(H,27,31)(H3,25,26,32)(H3,24,28,29,30)/t12-/m0/s1. The van der Waals surface area contributed by atoms with Crippen LogP contribution in [0.15, 0.2) is 24.3 Å². The van der Waals surface area contributed by atoms with Gasteiger partial charge in [-0.05, 0) is 38.0 Å². The fourth-order valence-corrected chi connectivity index (χ4v) is 2.78. The Balaban J connectivity index is 2.25. The first kappa shape index (κ1) is 25.3.